The van der Waals surface area contributed by atoms with Crippen molar-refractivity contribution >= 4 is 35.0 Å². The predicted molar refractivity (Wildman–Crippen MR) is 74.5 cm³/mol. The number of methoxy groups -OCH3 is 1. The average molecular weight is 330 g/mol. The average Bonchev–Trinajstić information content (AvgIpc) is 2.76. The number of aromatic nitrogens is 2. The molecule has 2 aromatic rings. The molecule has 0 unspecified atom stereocenters. The van der Waals surface area contributed by atoms with Crippen molar-refractivity contribution in [1.82, 2.24) is 5.27 Å². The molecule has 0 radical (unpaired) electrons. The Hall–Kier alpha value is -1.93. The summed E-state index contributed by atoms with van der Waals surface area (Å²) in [6, 6.07) is 4.90. The third kappa shape index (κ3) is 3.79. The summed E-state index contributed by atoms with van der Waals surface area (Å²) in [5.41, 5.74) is 0.465. The number of nitrogens with zero attached hydrogens (tertiary/aromatic N) is 2. The summed E-state index contributed by atoms with van der Waals surface area (Å²) in [5, 5.41) is 18.2. The Kier molecular flexibility index (Phi) is 4.92. The topological polar surface area (TPSA) is 91.3 Å². The van der Waals surface area contributed by atoms with Crippen LogP contribution in [0.2, 0.25) is 5.02 Å². The van der Waals surface area contributed by atoms with Crippen LogP contribution in [-0.2, 0) is 11.8 Å². The molecule has 0 saturated carbocycles. The van der Waals surface area contributed by atoms with E-state index in [-0.39, 0.29) is 16.7 Å². The molecule has 0 aliphatic rings. The molecule has 21 heavy (non-hydrogen) atoms. The minimum absolute atomic E-state index is 0.0277. The first kappa shape index (κ1) is 15.5. The molecule has 0 aliphatic heterocycles. The highest BCUT2D eigenvalue weighted by Gasteiger charge is 2.16. The third-order valence-corrected chi connectivity index (χ3v) is 3.84. The molecule has 1 aromatic heterocycles. The first-order valence-electron chi connectivity index (χ1n) is 5.80. The number of halogens is 1. The van der Waals surface area contributed by atoms with E-state index < -0.39 is 5.95 Å². The molecule has 0 bridgehead atoms. The van der Waals surface area contributed by atoms with Gasteiger partial charge in [0.15, 0.2) is 13.0 Å². The van der Waals surface area contributed by atoms with Gasteiger partial charge in [-0.25, -0.2) is 0 Å². The lowest BCUT2D eigenvalue weighted by molar-refractivity contribution is -0.772. The maximum absolute atomic E-state index is 11.9. The fourth-order valence-electron chi connectivity index (χ4n) is 1.56. The van der Waals surface area contributed by atoms with E-state index in [4.69, 9.17) is 16.3 Å². The molecule has 9 heteroatoms. The van der Waals surface area contributed by atoms with E-state index in [1.54, 1.807) is 25.2 Å². The molecule has 0 atom stereocenters. The second-order valence-electron chi connectivity index (χ2n) is 3.97. The number of hydrogen-bond acceptors (Lipinski definition) is 6. The molecule has 0 aliphatic carbocycles. The highest BCUT2D eigenvalue weighted by Crippen LogP contribution is 2.28. The number of thioether (sulfide) groups is 1. The van der Waals surface area contributed by atoms with Gasteiger partial charge < -0.3 is 19.7 Å². The van der Waals surface area contributed by atoms with E-state index in [2.05, 4.69) is 15.1 Å². The summed E-state index contributed by atoms with van der Waals surface area (Å²) in [6.07, 6.45) is 0. The fourth-order valence-corrected chi connectivity index (χ4v) is 2.44. The number of carbonyl (C=O) groups is 1. The van der Waals surface area contributed by atoms with Crippen LogP contribution < -0.4 is 19.8 Å². The van der Waals surface area contributed by atoms with Crippen LogP contribution in [0.4, 0.5) is 5.69 Å². The van der Waals surface area contributed by atoms with Crippen molar-refractivity contribution in [2.45, 2.75) is 5.03 Å². The lowest BCUT2D eigenvalue weighted by Gasteiger charge is -2.09. The molecular weight excluding hydrogens is 318 g/mol. The molecule has 1 amide bonds. The molecule has 112 valence electrons. The highest BCUT2D eigenvalue weighted by molar-refractivity contribution is 7.99. The minimum atomic E-state index is -0.573. The first-order chi connectivity index (χ1) is 10.0. The first-order valence-corrected chi connectivity index (χ1v) is 7.17. The molecule has 0 spiro atoms. The minimum Gasteiger partial charge on any atom is -0.538 e. The lowest BCUT2D eigenvalue weighted by Crippen LogP contribution is -2.32. The molecule has 1 N–H and O–H groups in total. The molecule has 2 rings (SSSR count). The highest BCUT2D eigenvalue weighted by atomic mass is 35.5. The summed E-state index contributed by atoms with van der Waals surface area (Å²) < 4.78 is 10.9. The fraction of sp³-hybridized carbons (Fsp3) is 0.250. The van der Waals surface area contributed by atoms with Gasteiger partial charge in [-0.15, -0.1) is 0 Å². The van der Waals surface area contributed by atoms with Crippen molar-refractivity contribution in [1.29, 1.82) is 0 Å². The Morgan fingerprint density at radius 1 is 1.62 bits per heavy atom. The zero-order valence-electron chi connectivity index (χ0n) is 11.3. The van der Waals surface area contributed by atoms with Gasteiger partial charge in [-0.1, -0.05) is 16.3 Å². The van der Waals surface area contributed by atoms with Crippen molar-refractivity contribution in [3.63, 3.8) is 0 Å². The largest absolute Gasteiger partial charge is 0.538 e. The quantitative estimate of drug-likeness (QED) is 0.649. The van der Waals surface area contributed by atoms with Gasteiger partial charge in [0.05, 0.1) is 23.8 Å². The second-order valence-corrected chi connectivity index (χ2v) is 5.37. The van der Waals surface area contributed by atoms with Crippen LogP contribution in [0, 0.1) is 0 Å². The van der Waals surface area contributed by atoms with Gasteiger partial charge in [0.25, 0.3) is 5.03 Å². The number of carbonyl (C=O) groups excluding carboxylic acids is 1. The Morgan fingerprint density at radius 3 is 3.00 bits per heavy atom. The molecule has 1 heterocycles. The van der Waals surface area contributed by atoms with Gasteiger partial charge >= 0.3 is 0 Å². The van der Waals surface area contributed by atoms with Crippen LogP contribution in [0.1, 0.15) is 0 Å². The number of rotatable bonds is 5. The van der Waals surface area contributed by atoms with Crippen LogP contribution in [0.15, 0.2) is 27.7 Å². The number of aryl methyl sites for hydroxylation is 1. The van der Waals surface area contributed by atoms with Gasteiger partial charge in [0.1, 0.15) is 5.75 Å². The van der Waals surface area contributed by atoms with Gasteiger partial charge in [-0.2, -0.15) is 0 Å². The van der Waals surface area contributed by atoms with Crippen LogP contribution in [-0.4, -0.2) is 24.0 Å². The molecule has 1 aromatic carbocycles. The zero-order chi connectivity index (χ0) is 15.4. The van der Waals surface area contributed by atoms with E-state index in [0.29, 0.717) is 16.5 Å². The van der Waals surface area contributed by atoms with Crippen molar-refractivity contribution < 1.29 is 23.8 Å². The maximum atomic E-state index is 11.9. The molecule has 0 fully saturated rings. The predicted octanol–water partition coefficient (Wildman–Crippen LogP) is 0.965. The standard InChI is InChI=1S/C12H12ClN3O4S/c1-16-11(12(18)20-15-16)21-6-10(17)14-8-5-7(13)3-4-9(8)19-2/h3-5H,6H2,1-2H3,(H-,14,15,17,18). The van der Waals surface area contributed by atoms with Gasteiger partial charge in [0.2, 0.25) is 5.91 Å². The normalized spacial score (nSPS) is 10.4. The monoisotopic (exact) mass is 329 g/mol. The number of benzene rings is 1. The van der Waals surface area contributed by atoms with Gasteiger partial charge in [0, 0.05) is 5.02 Å². The summed E-state index contributed by atoms with van der Waals surface area (Å²) in [4.78, 5) is 11.9. The van der Waals surface area contributed by atoms with Gasteiger partial charge in [-0.3, -0.25) is 4.79 Å². The zero-order valence-corrected chi connectivity index (χ0v) is 12.8. The van der Waals surface area contributed by atoms with Crippen LogP contribution >= 0.6 is 23.4 Å². The number of anilines is 1. The summed E-state index contributed by atoms with van der Waals surface area (Å²) >= 11 is 6.91. The van der Waals surface area contributed by atoms with Crippen LogP contribution in [0.25, 0.3) is 0 Å². The smallest absolute Gasteiger partial charge is 0.291 e. The molecule has 7 nitrogen and oxygen atoms in total. The Morgan fingerprint density at radius 2 is 2.38 bits per heavy atom. The summed E-state index contributed by atoms with van der Waals surface area (Å²) in [5.74, 6) is -0.352. The molecule has 0 saturated heterocycles. The number of amides is 1. The molecular formula is C12H12ClN3O4S. The number of nitrogens with one attached hydrogen (secondary N) is 1. The van der Waals surface area contributed by atoms with Crippen molar-refractivity contribution in [2.75, 3.05) is 18.2 Å². The van der Waals surface area contributed by atoms with Gasteiger partial charge in [-0.05, 0) is 30.0 Å². The van der Waals surface area contributed by atoms with E-state index in [9.17, 15) is 9.90 Å². The van der Waals surface area contributed by atoms with E-state index in [1.165, 1.54) is 11.8 Å². The van der Waals surface area contributed by atoms with E-state index in [1.807, 2.05) is 0 Å². The Balaban J connectivity index is 2.01. The maximum Gasteiger partial charge on any atom is 0.291 e. The second kappa shape index (κ2) is 6.68. The third-order valence-electron chi connectivity index (χ3n) is 2.49. The number of ether oxygens (including phenoxy) is 1. The Bertz CT molecular complexity index is 642. The SMILES string of the molecule is COc1ccc(Cl)cc1NC(=O)CSc1c([O-])on[n+]1C. The Labute approximate surface area is 129 Å². The van der Waals surface area contributed by atoms with E-state index in [0.717, 1.165) is 11.8 Å². The van der Waals surface area contributed by atoms with Crippen molar-refractivity contribution in [3.8, 4) is 11.7 Å². The van der Waals surface area contributed by atoms with E-state index >= 15 is 0 Å². The van der Waals surface area contributed by atoms with Crippen LogP contribution in [0.3, 0.4) is 0 Å². The summed E-state index contributed by atoms with van der Waals surface area (Å²) in [6.45, 7) is 0. The lowest BCUT2D eigenvalue weighted by atomic mass is 10.3. The van der Waals surface area contributed by atoms with Crippen LogP contribution in [0.5, 0.6) is 11.7 Å². The van der Waals surface area contributed by atoms with Crippen molar-refractivity contribution in [2.24, 2.45) is 7.05 Å². The number of hydrogen-bond donors (Lipinski definition) is 1. The van der Waals surface area contributed by atoms with Crippen molar-refractivity contribution in [3.05, 3.63) is 23.2 Å². The summed E-state index contributed by atoms with van der Waals surface area (Å²) in [7, 11) is 3.06.